The smallest absolute Gasteiger partial charge is 0.275 e. The molecule has 0 saturated carbocycles. The minimum Gasteiger partial charge on any atom is -0.507 e. The minimum atomic E-state index is -0.761. The second-order valence-electron chi connectivity index (χ2n) is 4.40. The summed E-state index contributed by atoms with van der Waals surface area (Å²) in [6, 6.07) is 8.70. The van der Waals surface area contributed by atoms with Crippen LogP contribution in [0.25, 0.3) is 0 Å². The van der Waals surface area contributed by atoms with Crippen molar-refractivity contribution in [2.75, 3.05) is 0 Å². The van der Waals surface area contributed by atoms with Gasteiger partial charge in [0.15, 0.2) is 11.6 Å². The van der Waals surface area contributed by atoms with Crippen LogP contribution in [0.1, 0.15) is 21.5 Å². The van der Waals surface area contributed by atoms with Gasteiger partial charge in [-0.3, -0.25) is 4.79 Å². The number of aromatic hydroxyl groups is 2. The number of halogens is 1. The van der Waals surface area contributed by atoms with Gasteiger partial charge in [0.1, 0.15) is 5.75 Å². The van der Waals surface area contributed by atoms with E-state index in [0.717, 1.165) is 6.21 Å². The molecule has 0 spiro atoms. The van der Waals surface area contributed by atoms with Crippen molar-refractivity contribution in [3.05, 3.63) is 58.9 Å². The first kappa shape index (κ1) is 14.5. The molecule has 2 aromatic carbocycles. The van der Waals surface area contributed by atoms with E-state index in [2.05, 4.69) is 10.5 Å². The molecule has 0 aliphatic heterocycles. The molecule has 0 heterocycles. The normalized spacial score (nSPS) is 10.8. The summed E-state index contributed by atoms with van der Waals surface area (Å²) in [6.07, 6.45) is 1.13. The predicted octanol–water partition coefficient (Wildman–Crippen LogP) is 2.31. The number of carbonyl (C=O) groups excluding carboxylic acids is 1. The van der Waals surface area contributed by atoms with Crippen LogP contribution in [0.4, 0.5) is 4.39 Å². The highest BCUT2D eigenvalue weighted by molar-refractivity contribution is 5.97. The number of rotatable bonds is 3. The lowest BCUT2D eigenvalue weighted by atomic mass is 10.1. The zero-order valence-electron chi connectivity index (χ0n) is 11.2. The van der Waals surface area contributed by atoms with Gasteiger partial charge in [0.2, 0.25) is 0 Å². The number of benzene rings is 2. The van der Waals surface area contributed by atoms with Crippen molar-refractivity contribution in [2.24, 2.45) is 5.10 Å². The summed E-state index contributed by atoms with van der Waals surface area (Å²) in [5.74, 6) is -2.09. The lowest BCUT2D eigenvalue weighted by Crippen LogP contribution is -2.17. The number of nitrogens with zero attached hydrogens (tertiary/aromatic N) is 1. The predicted molar refractivity (Wildman–Crippen MR) is 76.0 cm³/mol. The first-order valence-corrected chi connectivity index (χ1v) is 6.09. The molecule has 0 radical (unpaired) electrons. The van der Waals surface area contributed by atoms with Crippen LogP contribution in [0.15, 0.2) is 41.5 Å². The maximum atomic E-state index is 13.3. The Bertz CT molecular complexity index is 714. The topological polar surface area (TPSA) is 81.9 Å². The summed E-state index contributed by atoms with van der Waals surface area (Å²) in [6.45, 7) is 1.67. The number of hydrazone groups is 1. The van der Waals surface area contributed by atoms with Crippen molar-refractivity contribution in [3.8, 4) is 11.5 Å². The molecule has 3 N–H and O–H groups in total. The highest BCUT2D eigenvalue weighted by Gasteiger charge is 2.09. The number of nitrogens with one attached hydrogen (secondary N) is 1. The Hall–Kier alpha value is -2.89. The number of hydrogen-bond acceptors (Lipinski definition) is 4. The summed E-state index contributed by atoms with van der Waals surface area (Å²) < 4.78 is 13.3. The van der Waals surface area contributed by atoms with Crippen LogP contribution < -0.4 is 5.43 Å². The van der Waals surface area contributed by atoms with Gasteiger partial charge in [-0.25, -0.2) is 9.82 Å². The number of para-hydroxylation sites is 1. The Kier molecular flexibility index (Phi) is 4.18. The summed E-state index contributed by atoms with van der Waals surface area (Å²) in [5, 5.41) is 22.7. The molecule has 0 saturated heterocycles. The van der Waals surface area contributed by atoms with Crippen molar-refractivity contribution in [3.63, 3.8) is 0 Å². The molecule has 0 fully saturated rings. The van der Waals surface area contributed by atoms with Crippen LogP contribution in [0.5, 0.6) is 11.5 Å². The van der Waals surface area contributed by atoms with E-state index in [-0.39, 0.29) is 16.9 Å². The fourth-order valence-electron chi connectivity index (χ4n) is 1.75. The van der Waals surface area contributed by atoms with E-state index < -0.39 is 17.5 Å². The van der Waals surface area contributed by atoms with Gasteiger partial charge in [-0.05, 0) is 36.8 Å². The van der Waals surface area contributed by atoms with E-state index in [1.807, 2.05) is 0 Å². The van der Waals surface area contributed by atoms with E-state index in [4.69, 9.17) is 0 Å². The molecular weight excluding hydrogens is 275 g/mol. The van der Waals surface area contributed by atoms with Crippen molar-refractivity contribution >= 4 is 12.1 Å². The maximum absolute atomic E-state index is 13.3. The van der Waals surface area contributed by atoms with E-state index in [1.165, 1.54) is 24.3 Å². The standard InChI is InChI=1S/C15H13FN2O3/c1-9-6-10(14(20)12(16)7-9)8-17-18-15(21)11-4-2-3-5-13(11)19/h2-8,19-20H,1H3,(H,18,21)/b17-8+. The molecule has 0 aliphatic carbocycles. The van der Waals surface area contributed by atoms with Gasteiger partial charge in [0.25, 0.3) is 5.91 Å². The van der Waals surface area contributed by atoms with E-state index in [0.29, 0.717) is 5.56 Å². The third kappa shape index (κ3) is 3.36. The number of aryl methyl sites for hydroxylation is 1. The van der Waals surface area contributed by atoms with Crippen LogP contribution in [-0.2, 0) is 0 Å². The quantitative estimate of drug-likeness (QED) is 0.598. The van der Waals surface area contributed by atoms with Gasteiger partial charge in [-0.15, -0.1) is 0 Å². The summed E-state index contributed by atoms with van der Waals surface area (Å²) in [4.78, 5) is 11.8. The summed E-state index contributed by atoms with van der Waals surface area (Å²) in [5.41, 5.74) is 3.01. The van der Waals surface area contributed by atoms with Gasteiger partial charge in [-0.1, -0.05) is 12.1 Å². The molecule has 21 heavy (non-hydrogen) atoms. The third-order valence-corrected chi connectivity index (χ3v) is 2.76. The van der Waals surface area contributed by atoms with Crippen molar-refractivity contribution in [1.29, 1.82) is 0 Å². The SMILES string of the molecule is Cc1cc(F)c(O)c(/C=N/NC(=O)c2ccccc2O)c1. The molecule has 6 heteroatoms. The Morgan fingerprint density at radius 1 is 1.29 bits per heavy atom. The molecule has 2 aromatic rings. The average molecular weight is 288 g/mol. The second-order valence-corrected chi connectivity index (χ2v) is 4.40. The van der Waals surface area contributed by atoms with Gasteiger partial charge in [-0.2, -0.15) is 5.10 Å². The molecular formula is C15H13FN2O3. The Morgan fingerprint density at radius 3 is 2.71 bits per heavy atom. The highest BCUT2D eigenvalue weighted by atomic mass is 19.1. The monoisotopic (exact) mass is 288 g/mol. The first-order valence-electron chi connectivity index (χ1n) is 6.09. The van der Waals surface area contributed by atoms with Crippen LogP contribution in [0.3, 0.4) is 0 Å². The molecule has 0 aromatic heterocycles. The van der Waals surface area contributed by atoms with E-state index >= 15 is 0 Å². The van der Waals surface area contributed by atoms with Gasteiger partial charge in [0.05, 0.1) is 11.8 Å². The van der Waals surface area contributed by atoms with E-state index in [9.17, 15) is 19.4 Å². The number of phenolic OH excluding ortho intramolecular Hbond substituents is 2. The lowest BCUT2D eigenvalue weighted by molar-refractivity contribution is 0.0952. The summed E-state index contributed by atoms with van der Waals surface area (Å²) in [7, 11) is 0. The highest BCUT2D eigenvalue weighted by Crippen LogP contribution is 2.21. The fourth-order valence-corrected chi connectivity index (χ4v) is 1.75. The molecule has 0 bridgehead atoms. The fraction of sp³-hybridized carbons (Fsp3) is 0.0667. The molecule has 0 aliphatic rings. The van der Waals surface area contributed by atoms with Gasteiger partial charge < -0.3 is 10.2 Å². The molecule has 108 valence electrons. The average Bonchev–Trinajstić information content (AvgIpc) is 2.44. The molecule has 0 atom stereocenters. The molecule has 1 amide bonds. The first-order chi connectivity index (χ1) is 9.99. The van der Waals surface area contributed by atoms with Crippen molar-refractivity contribution < 1.29 is 19.4 Å². The van der Waals surface area contributed by atoms with Crippen molar-refractivity contribution in [1.82, 2.24) is 5.43 Å². The van der Waals surface area contributed by atoms with Crippen molar-refractivity contribution in [2.45, 2.75) is 6.92 Å². The van der Waals surface area contributed by atoms with Crippen LogP contribution >= 0.6 is 0 Å². The Labute approximate surface area is 120 Å². The summed E-state index contributed by atoms with van der Waals surface area (Å²) >= 11 is 0. The number of hydrogen-bond donors (Lipinski definition) is 3. The zero-order chi connectivity index (χ0) is 15.4. The zero-order valence-corrected chi connectivity index (χ0v) is 11.2. The minimum absolute atomic E-state index is 0.0642. The molecule has 0 unspecified atom stereocenters. The molecule has 2 rings (SSSR count). The number of amides is 1. The third-order valence-electron chi connectivity index (χ3n) is 2.76. The second kappa shape index (κ2) is 6.04. The maximum Gasteiger partial charge on any atom is 0.275 e. The Balaban J connectivity index is 2.13. The molecule has 5 nitrogen and oxygen atoms in total. The van der Waals surface area contributed by atoms with Gasteiger partial charge >= 0.3 is 0 Å². The number of phenols is 2. The lowest BCUT2D eigenvalue weighted by Gasteiger charge is -2.03. The van der Waals surface area contributed by atoms with E-state index in [1.54, 1.807) is 19.1 Å². The number of carbonyl (C=O) groups is 1. The van der Waals surface area contributed by atoms with Crippen LogP contribution in [-0.4, -0.2) is 22.3 Å². The largest absolute Gasteiger partial charge is 0.507 e. The van der Waals surface area contributed by atoms with Gasteiger partial charge in [0, 0.05) is 5.56 Å². The van der Waals surface area contributed by atoms with Crippen LogP contribution in [0.2, 0.25) is 0 Å². The van der Waals surface area contributed by atoms with Crippen LogP contribution in [0, 0.1) is 12.7 Å². The Morgan fingerprint density at radius 2 is 2.00 bits per heavy atom.